The number of pyridine rings is 1. The Morgan fingerprint density at radius 3 is 2.13 bits per heavy atom. The quantitative estimate of drug-likeness (QED) is 0.246. The molecule has 0 unspecified atom stereocenters. The first-order valence-corrected chi connectivity index (χ1v) is 15.2. The number of amides is 3. The van der Waals surface area contributed by atoms with Crippen molar-refractivity contribution in [2.75, 3.05) is 5.73 Å². The number of carbonyl (C=O) groups excluding carboxylic acids is 3. The average Bonchev–Trinajstić information content (AvgIpc) is 3.30. The predicted octanol–water partition coefficient (Wildman–Crippen LogP) is 7.11. The van der Waals surface area contributed by atoms with Gasteiger partial charge in [0.15, 0.2) is 0 Å². The number of halogens is 2. The van der Waals surface area contributed by atoms with Gasteiger partial charge in [-0.1, -0.05) is 0 Å². The number of hydrogen-bond donors (Lipinski definition) is 3. The second kappa shape index (κ2) is 13.1. The van der Waals surface area contributed by atoms with E-state index >= 15 is 4.39 Å². The van der Waals surface area contributed by atoms with Gasteiger partial charge in [-0.05, 0) is 98.6 Å². The molecule has 1 fully saturated rings. The molecule has 4 N–H and O–H groups in total. The molecule has 2 heterocycles. The van der Waals surface area contributed by atoms with Crippen LogP contribution in [0.5, 0.6) is 5.88 Å². The fourth-order valence-corrected chi connectivity index (χ4v) is 5.37. The Labute approximate surface area is 266 Å². The van der Waals surface area contributed by atoms with Crippen LogP contribution in [0.15, 0.2) is 18.3 Å². The van der Waals surface area contributed by atoms with Crippen molar-refractivity contribution in [2.24, 2.45) is 0 Å². The van der Waals surface area contributed by atoms with Crippen molar-refractivity contribution in [3.63, 3.8) is 0 Å². The molecular weight excluding hydrogens is 602 g/mol. The summed E-state index contributed by atoms with van der Waals surface area (Å²) in [5.41, 5.74) is 4.78. The summed E-state index contributed by atoms with van der Waals surface area (Å²) in [4.78, 5) is 41.8. The zero-order valence-corrected chi connectivity index (χ0v) is 27.4. The Morgan fingerprint density at radius 1 is 0.935 bits per heavy atom. The number of aromatic nitrogens is 3. The van der Waals surface area contributed by atoms with Crippen molar-refractivity contribution in [1.29, 1.82) is 0 Å². The summed E-state index contributed by atoms with van der Waals surface area (Å²) in [7, 11) is 0. The standard InChI is InChI=1S/C32H42F2N6O6/c1-16(2)40-26-20(17-9-11-18(12-10-17)37-29(42)45-31(3,4)5)15-36-27(44-28(41)38-30(43)46-32(6,7)8)24(26)25(39-40)19-13-22(34)23(35)14-21(19)33/h13-18H,9-12,35H2,1-8H3,(H,37,42)(H,38,41,43). The molecule has 0 radical (unpaired) electrons. The minimum Gasteiger partial charge on any atom is -0.444 e. The number of anilines is 1. The van der Waals surface area contributed by atoms with Gasteiger partial charge in [0.25, 0.3) is 0 Å². The van der Waals surface area contributed by atoms with Crippen LogP contribution in [0, 0.1) is 11.6 Å². The predicted molar refractivity (Wildman–Crippen MR) is 167 cm³/mol. The molecule has 1 aromatic carbocycles. The molecule has 0 atom stereocenters. The first kappa shape index (κ1) is 34.4. The topological polar surface area (TPSA) is 160 Å². The number of nitrogens with one attached hydrogen (secondary N) is 2. The Bertz CT molecular complexity index is 1630. The zero-order chi connectivity index (χ0) is 34.1. The van der Waals surface area contributed by atoms with Crippen molar-refractivity contribution in [2.45, 2.75) is 110 Å². The Hall–Kier alpha value is -4.49. The van der Waals surface area contributed by atoms with Crippen molar-refractivity contribution in [3.05, 3.63) is 35.5 Å². The fourth-order valence-electron chi connectivity index (χ4n) is 5.37. The van der Waals surface area contributed by atoms with E-state index < -0.39 is 41.1 Å². The molecular formula is C32H42F2N6O6. The van der Waals surface area contributed by atoms with Crippen LogP contribution in [0.3, 0.4) is 0 Å². The van der Waals surface area contributed by atoms with Crippen LogP contribution in [0.2, 0.25) is 0 Å². The number of benzene rings is 1. The smallest absolute Gasteiger partial charge is 0.423 e. The highest BCUT2D eigenvalue weighted by molar-refractivity contribution is 6.00. The van der Waals surface area contributed by atoms with Crippen molar-refractivity contribution >= 4 is 34.9 Å². The van der Waals surface area contributed by atoms with Gasteiger partial charge in [0.05, 0.1) is 16.6 Å². The van der Waals surface area contributed by atoms with Gasteiger partial charge in [-0.15, -0.1) is 0 Å². The highest BCUT2D eigenvalue weighted by Crippen LogP contribution is 2.43. The van der Waals surface area contributed by atoms with Crippen LogP contribution in [0.1, 0.15) is 98.6 Å². The lowest BCUT2D eigenvalue weighted by Gasteiger charge is -2.30. The molecule has 4 rings (SSSR count). The maximum atomic E-state index is 15.3. The second-order valence-corrected chi connectivity index (χ2v) is 13.7. The Morgan fingerprint density at radius 2 is 1.54 bits per heavy atom. The fraction of sp³-hybridized carbons (Fsp3) is 0.531. The van der Waals surface area contributed by atoms with Gasteiger partial charge in [-0.25, -0.2) is 33.5 Å². The third-order valence-electron chi connectivity index (χ3n) is 7.23. The molecule has 250 valence electrons. The summed E-state index contributed by atoms with van der Waals surface area (Å²) >= 11 is 0. The van der Waals surface area contributed by atoms with Gasteiger partial charge in [0, 0.05) is 29.9 Å². The minimum atomic E-state index is -1.18. The third kappa shape index (κ3) is 8.20. The SMILES string of the molecule is CC(C)n1nc(-c2cc(F)c(N)cc2F)c2c(OC(=O)NC(=O)OC(C)(C)C)ncc(C3CCC(NC(=O)OC(C)(C)C)CC3)c21. The number of hydrogen-bond acceptors (Lipinski definition) is 9. The molecule has 3 aromatic rings. The van der Waals surface area contributed by atoms with E-state index in [9.17, 15) is 18.8 Å². The number of imide groups is 1. The summed E-state index contributed by atoms with van der Waals surface area (Å²) < 4.78 is 47.7. The minimum absolute atomic E-state index is 0.0187. The monoisotopic (exact) mass is 644 g/mol. The van der Waals surface area contributed by atoms with Crippen LogP contribution < -0.4 is 21.1 Å². The first-order chi connectivity index (χ1) is 21.3. The van der Waals surface area contributed by atoms with Crippen LogP contribution in [-0.2, 0) is 9.47 Å². The number of nitrogen functional groups attached to an aromatic ring is 1. The maximum absolute atomic E-state index is 15.3. The summed E-state index contributed by atoms with van der Waals surface area (Å²) in [6.07, 6.45) is 1.51. The van der Waals surface area contributed by atoms with E-state index in [4.69, 9.17) is 19.9 Å². The number of nitrogens with two attached hydrogens (primary N) is 1. The van der Waals surface area contributed by atoms with Crippen molar-refractivity contribution in [1.82, 2.24) is 25.4 Å². The lowest BCUT2D eigenvalue weighted by atomic mass is 9.81. The highest BCUT2D eigenvalue weighted by atomic mass is 19.1. The van der Waals surface area contributed by atoms with Crippen molar-refractivity contribution in [3.8, 4) is 17.1 Å². The number of rotatable bonds is 5. The van der Waals surface area contributed by atoms with Crippen LogP contribution in [-0.4, -0.2) is 50.3 Å². The summed E-state index contributed by atoms with van der Waals surface area (Å²) in [6.45, 7) is 14.0. The number of ether oxygens (including phenoxy) is 3. The van der Waals surface area contributed by atoms with Crippen LogP contribution in [0.4, 0.5) is 28.9 Å². The molecule has 1 aliphatic rings. The van der Waals surface area contributed by atoms with E-state index in [0.717, 1.165) is 17.7 Å². The van der Waals surface area contributed by atoms with Gasteiger partial charge in [-0.3, -0.25) is 4.68 Å². The largest absolute Gasteiger partial charge is 0.444 e. The van der Waals surface area contributed by atoms with E-state index in [1.54, 1.807) is 52.4 Å². The molecule has 0 aliphatic heterocycles. The molecule has 3 amide bonds. The molecule has 1 aliphatic carbocycles. The third-order valence-corrected chi connectivity index (χ3v) is 7.23. The molecule has 46 heavy (non-hydrogen) atoms. The molecule has 0 saturated heterocycles. The van der Waals surface area contributed by atoms with Crippen LogP contribution in [0.25, 0.3) is 22.2 Å². The summed E-state index contributed by atoms with van der Waals surface area (Å²) in [6, 6.07) is 1.44. The van der Waals surface area contributed by atoms with Gasteiger partial charge < -0.3 is 25.3 Å². The van der Waals surface area contributed by atoms with E-state index in [-0.39, 0.29) is 46.2 Å². The van der Waals surface area contributed by atoms with E-state index in [1.165, 1.54) is 0 Å². The van der Waals surface area contributed by atoms with Gasteiger partial charge in [0.1, 0.15) is 28.5 Å². The van der Waals surface area contributed by atoms with Gasteiger partial charge in [0.2, 0.25) is 5.88 Å². The molecule has 1 saturated carbocycles. The van der Waals surface area contributed by atoms with Gasteiger partial charge >= 0.3 is 18.3 Å². The van der Waals surface area contributed by atoms with E-state index in [2.05, 4.69) is 15.4 Å². The van der Waals surface area contributed by atoms with E-state index in [0.29, 0.717) is 31.2 Å². The zero-order valence-electron chi connectivity index (χ0n) is 27.4. The molecule has 12 nitrogen and oxygen atoms in total. The summed E-state index contributed by atoms with van der Waals surface area (Å²) in [5.74, 6) is -2.00. The van der Waals surface area contributed by atoms with Gasteiger partial charge in [-0.2, -0.15) is 5.10 Å². The van der Waals surface area contributed by atoms with E-state index in [1.807, 2.05) is 19.2 Å². The second-order valence-electron chi connectivity index (χ2n) is 13.7. The number of carbonyl (C=O) groups is 3. The first-order valence-electron chi connectivity index (χ1n) is 15.2. The molecule has 0 bridgehead atoms. The normalized spacial score (nSPS) is 17.1. The Balaban J connectivity index is 1.76. The molecule has 14 heteroatoms. The van der Waals surface area contributed by atoms with Crippen molar-refractivity contribution < 1.29 is 37.4 Å². The number of alkyl carbamates (subject to hydrolysis) is 2. The molecule has 0 spiro atoms. The lowest BCUT2D eigenvalue weighted by Crippen LogP contribution is -2.40. The maximum Gasteiger partial charge on any atom is 0.423 e. The van der Waals surface area contributed by atoms with Crippen LogP contribution >= 0.6 is 0 Å². The average molecular weight is 645 g/mol. The Kier molecular flexibility index (Phi) is 9.78. The number of fused-ring (bicyclic) bond motifs is 1. The highest BCUT2D eigenvalue weighted by Gasteiger charge is 2.32. The summed E-state index contributed by atoms with van der Waals surface area (Å²) in [5, 5.41) is 9.75. The molecule has 2 aromatic heterocycles. The lowest BCUT2D eigenvalue weighted by molar-refractivity contribution is 0.0487. The number of nitrogens with zero attached hydrogens (tertiary/aromatic N) is 3.